The van der Waals surface area contributed by atoms with Crippen molar-refractivity contribution < 1.29 is 0 Å². The van der Waals surface area contributed by atoms with Crippen LogP contribution in [0.4, 0.5) is 17.2 Å². The van der Waals surface area contributed by atoms with Crippen LogP contribution >= 0.6 is 0 Å². The van der Waals surface area contributed by atoms with E-state index in [0.29, 0.717) is 0 Å². The van der Waals surface area contributed by atoms with Gasteiger partial charge >= 0.3 is 0 Å². The summed E-state index contributed by atoms with van der Waals surface area (Å²) in [7, 11) is 4.12. The van der Waals surface area contributed by atoms with Crippen LogP contribution in [0.5, 0.6) is 0 Å². The molecule has 2 aromatic carbocycles. The minimum absolute atomic E-state index is 0.738. The van der Waals surface area contributed by atoms with Crippen molar-refractivity contribution in [3.63, 3.8) is 0 Å². The largest absolute Gasteiger partial charge is 0.399 e. The summed E-state index contributed by atoms with van der Waals surface area (Å²) in [5, 5.41) is 3.27. The number of hydrogen-bond acceptors (Lipinski definition) is 5. The van der Waals surface area contributed by atoms with Gasteiger partial charge in [-0.05, 0) is 50.0 Å². The summed E-state index contributed by atoms with van der Waals surface area (Å²) in [4.78, 5) is 10.8. The lowest BCUT2D eigenvalue weighted by atomic mass is 10.1. The van der Waals surface area contributed by atoms with E-state index in [1.165, 1.54) is 5.56 Å². The number of benzene rings is 2. The molecule has 5 heteroatoms. The third kappa shape index (κ3) is 4.08. The minimum atomic E-state index is 0.738. The molecule has 1 aromatic heterocycles. The van der Waals surface area contributed by atoms with Crippen LogP contribution in [0.2, 0.25) is 0 Å². The number of nitrogens with zero attached hydrogens (tertiary/aromatic N) is 3. The first kappa shape index (κ1) is 16.0. The molecule has 5 nitrogen and oxygen atoms in total. The average molecular weight is 319 g/mol. The molecule has 0 radical (unpaired) electrons. The quantitative estimate of drug-likeness (QED) is 0.704. The van der Waals surface area contributed by atoms with Gasteiger partial charge in [0.2, 0.25) is 0 Å². The molecule has 1 heterocycles. The fraction of sp³-hybridized carbons (Fsp3) is 0.158. The first-order valence-electron chi connectivity index (χ1n) is 7.79. The van der Waals surface area contributed by atoms with E-state index in [1.54, 1.807) is 6.33 Å². The van der Waals surface area contributed by atoms with E-state index in [9.17, 15) is 0 Å². The van der Waals surface area contributed by atoms with E-state index in [2.05, 4.69) is 58.5 Å². The van der Waals surface area contributed by atoms with Gasteiger partial charge < -0.3 is 16.0 Å². The first-order chi connectivity index (χ1) is 11.6. The molecule has 0 aliphatic carbocycles. The van der Waals surface area contributed by atoms with Gasteiger partial charge in [0.05, 0.1) is 5.69 Å². The summed E-state index contributed by atoms with van der Waals surface area (Å²) in [5.41, 5.74) is 10.6. The second kappa shape index (κ2) is 7.10. The minimum Gasteiger partial charge on any atom is -0.399 e. The molecule has 0 unspecified atom stereocenters. The molecule has 0 saturated heterocycles. The topological polar surface area (TPSA) is 67.1 Å². The summed E-state index contributed by atoms with van der Waals surface area (Å²) in [6.45, 7) is 0.898. The monoisotopic (exact) mass is 319 g/mol. The standard InChI is InChI=1S/C19H21N5/c1-24(2)12-14-4-3-5-15(10-14)18-11-19(22-13-21-18)23-17-8-6-16(20)7-9-17/h3-11,13H,12,20H2,1-2H3,(H,21,22,23). The highest BCUT2D eigenvalue weighted by Gasteiger charge is 2.04. The van der Waals surface area contributed by atoms with Crippen LogP contribution in [0.1, 0.15) is 5.56 Å². The lowest BCUT2D eigenvalue weighted by molar-refractivity contribution is 0.402. The van der Waals surface area contributed by atoms with Crippen LogP contribution in [-0.2, 0) is 6.54 Å². The summed E-state index contributed by atoms with van der Waals surface area (Å²) in [6.07, 6.45) is 1.58. The van der Waals surface area contributed by atoms with Crippen molar-refractivity contribution in [1.29, 1.82) is 0 Å². The lowest BCUT2D eigenvalue weighted by Crippen LogP contribution is -2.10. The van der Waals surface area contributed by atoms with Gasteiger partial charge in [-0.2, -0.15) is 0 Å². The van der Waals surface area contributed by atoms with Gasteiger partial charge in [-0.15, -0.1) is 0 Å². The van der Waals surface area contributed by atoms with Crippen LogP contribution in [0.25, 0.3) is 11.3 Å². The molecule has 0 amide bonds. The van der Waals surface area contributed by atoms with Gasteiger partial charge in [-0.25, -0.2) is 9.97 Å². The normalized spacial score (nSPS) is 10.8. The number of nitrogens with one attached hydrogen (secondary N) is 1. The Morgan fingerprint density at radius 2 is 1.79 bits per heavy atom. The number of hydrogen-bond donors (Lipinski definition) is 2. The highest BCUT2D eigenvalue weighted by Crippen LogP contribution is 2.22. The van der Waals surface area contributed by atoms with Gasteiger partial charge in [-0.1, -0.05) is 18.2 Å². The molecule has 0 bridgehead atoms. The molecule has 3 rings (SSSR count). The summed E-state index contributed by atoms with van der Waals surface area (Å²) < 4.78 is 0. The molecule has 0 saturated carbocycles. The zero-order valence-electron chi connectivity index (χ0n) is 13.9. The molecular formula is C19H21N5. The number of nitrogen functional groups attached to an aromatic ring is 1. The maximum absolute atomic E-state index is 5.71. The number of rotatable bonds is 5. The predicted molar refractivity (Wildman–Crippen MR) is 99.0 cm³/mol. The summed E-state index contributed by atoms with van der Waals surface area (Å²) in [5.74, 6) is 0.753. The Morgan fingerprint density at radius 1 is 1.00 bits per heavy atom. The Bertz CT molecular complexity index is 812. The molecule has 0 atom stereocenters. The van der Waals surface area contributed by atoms with E-state index < -0.39 is 0 Å². The van der Waals surface area contributed by atoms with Crippen molar-refractivity contribution >= 4 is 17.2 Å². The van der Waals surface area contributed by atoms with Gasteiger partial charge in [0.15, 0.2) is 0 Å². The zero-order valence-corrected chi connectivity index (χ0v) is 13.9. The van der Waals surface area contributed by atoms with Crippen LogP contribution in [0.15, 0.2) is 60.9 Å². The van der Waals surface area contributed by atoms with Crippen molar-refractivity contribution in [3.8, 4) is 11.3 Å². The van der Waals surface area contributed by atoms with Gasteiger partial charge in [0.25, 0.3) is 0 Å². The Kier molecular flexibility index (Phi) is 4.72. The smallest absolute Gasteiger partial charge is 0.134 e. The van der Waals surface area contributed by atoms with Crippen molar-refractivity contribution in [1.82, 2.24) is 14.9 Å². The predicted octanol–water partition coefficient (Wildman–Crippen LogP) is 3.53. The van der Waals surface area contributed by atoms with Gasteiger partial charge in [0, 0.05) is 29.5 Å². The molecule has 3 N–H and O–H groups in total. The van der Waals surface area contributed by atoms with E-state index in [4.69, 9.17) is 5.73 Å². The molecule has 0 aliphatic heterocycles. The second-order valence-electron chi connectivity index (χ2n) is 5.97. The Balaban J connectivity index is 1.83. The van der Waals surface area contributed by atoms with Crippen LogP contribution in [-0.4, -0.2) is 29.0 Å². The van der Waals surface area contributed by atoms with Crippen molar-refractivity contribution in [2.45, 2.75) is 6.54 Å². The van der Waals surface area contributed by atoms with Gasteiger partial charge in [0.1, 0.15) is 12.1 Å². The lowest BCUT2D eigenvalue weighted by Gasteiger charge is -2.11. The second-order valence-corrected chi connectivity index (χ2v) is 5.97. The molecular weight excluding hydrogens is 298 g/mol. The van der Waals surface area contributed by atoms with Crippen molar-refractivity contribution in [2.24, 2.45) is 0 Å². The first-order valence-corrected chi connectivity index (χ1v) is 7.79. The number of aromatic nitrogens is 2. The third-order valence-electron chi connectivity index (χ3n) is 3.57. The van der Waals surface area contributed by atoms with E-state index >= 15 is 0 Å². The molecule has 0 spiro atoms. The highest BCUT2D eigenvalue weighted by molar-refractivity contribution is 5.66. The fourth-order valence-electron chi connectivity index (χ4n) is 2.49. The SMILES string of the molecule is CN(C)Cc1cccc(-c2cc(Nc3ccc(N)cc3)ncn2)c1. The fourth-order valence-corrected chi connectivity index (χ4v) is 2.49. The Labute approximate surface area is 142 Å². The molecule has 0 fully saturated rings. The van der Waals surface area contributed by atoms with Crippen molar-refractivity contribution in [3.05, 3.63) is 66.5 Å². The van der Waals surface area contributed by atoms with Gasteiger partial charge in [-0.3, -0.25) is 0 Å². The summed E-state index contributed by atoms with van der Waals surface area (Å²) in [6, 6.07) is 17.9. The van der Waals surface area contributed by atoms with E-state index in [0.717, 1.165) is 35.0 Å². The average Bonchev–Trinajstić information content (AvgIpc) is 2.57. The van der Waals surface area contributed by atoms with Crippen LogP contribution in [0, 0.1) is 0 Å². The van der Waals surface area contributed by atoms with E-state index in [-0.39, 0.29) is 0 Å². The zero-order chi connectivity index (χ0) is 16.9. The number of anilines is 3. The highest BCUT2D eigenvalue weighted by atomic mass is 15.0. The maximum atomic E-state index is 5.71. The maximum Gasteiger partial charge on any atom is 0.134 e. The molecule has 122 valence electrons. The van der Waals surface area contributed by atoms with Crippen LogP contribution in [0.3, 0.4) is 0 Å². The van der Waals surface area contributed by atoms with Crippen molar-refractivity contribution in [2.75, 3.05) is 25.1 Å². The number of nitrogens with two attached hydrogens (primary N) is 1. The summed E-state index contributed by atoms with van der Waals surface area (Å²) >= 11 is 0. The molecule has 24 heavy (non-hydrogen) atoms. The third-order valence-corrected chi connectivity index (χ3v) is 3.57. The Morgan fingerprint density at radius 3 is 2.54 bits per heavy atom. The van der Waals surface area contributed by atoms with Crippen LogP contribution < -0.4 is 11.1 Å². The molecule has 3 aromatic rings. The Hall–Kier alpha value is -2.92. The molecule has 0 aliphatic rings. The van der Waals surface area contributed by atoms with E-state index in [1.807, 2.05) is 30.3 Å².